The van der Waals surface area contributed by atoms with Crippen molar-refractivity contribution in [2.24, 2.45) is 5.84 Å². The lowest BCUT2D eigenvalue weighted by Gasteiger charge is -2.18. The van der Waals surface area contributed by atoms with Crippen molar-refractivity contribution in [3.05, 3.63) is 29.8 Å². The smallest absolute Gasteiger partial charge is 0.119 e. The zero-order valence-electron chi connectivity index (χ0n) is 13.0. The van der Waals surface area contributed by atoms with E-state index in [2.05, 4.69) is 24.5 Å². The van der Waals surface area contributed by atoms with Crippen LogP contribution in [0.15, 0.2) is 24.3 Å². The number of rotatable bonds is 9. The van der Waals surface area contributed by atoms with Crippen molar-refractivity contribution in [1.29, 1.82) is 0 Å². The monoisotopic (exact) mass is 292 g/mol. The van der Waals surface area contributed by atoms with Crippen molar-refractivity contribution in [3.63, 3.8) is 0 Å². The Kier molecular flexibility index (Phi) is 7.00. The third-order valence-corrected chi connectivity index (χ3v) is 4.05. The fourth-order valence-electron chi connectivity index (χ4n) is 2.70. The Bertz CT molecular complexity index is 388. The van der Waals surface area contributed by atoms with E-state index in [1.54, 1.807) is 0 Å². The quantitative estimate of drug-likeness (QED) is 0.416. The van der Waals surface area contributed by atoms with Crippen LogP contribution in [-0.4, -0.2) is 19.3 Å². The van der Waals surface area contributed by atoms with Crippen LogP contribution in [-0.2, 0) is 4.74 Å². The van der Waals surface area contributed by atoms with Crippen LogP contribution in [0, 0.1) is 0 Å². The Hall–Kier alpha value is -1.10. The summed E-state index contributed by atoms with van der Waals surface area (Å²) < 4.78 is 11.4. The van der Waals surface area contributed by atoms with Gasteiger partial charge in [-0.15, -0.1) is 0 Å². The van der Waals surface area contributed by atoms with Gasteiger partial charge in [0.05, 0.1) is 12.7 Å². The van der Waals surface area contributed by atoms with E-state index in [9.17, 15) is 0 Å². The van der Waals surface area contributed by atoms with Gasteiger partial charge in [0.25, 0.3) is 0 Å². The lowest BCUT2D eigenvalue weighted by molar-refractivity contribution is 0.0996. The molecule has 0 aliphatic carbocycles. The average Bonchev–Trinajstić information content (AvgIpc) is 3.03. The van der Waals surface area contributed by atoms with Gasteiger partial charge in [-0.2, -0.15) is 0 Å². The van der Waals surface area contributed by atoms with Gasteiger partial charge < -0.3 is 9.47 Å². The third kappa shape index (κ3) is 5.30. The first kappa shape index (κ1) is 16.3. The summed E-state index contributed by atoms with van der Waals surface area (Å²) in [7, 11) is 0. The van der Waals surface area contributed by atoms with Crippen LogP contribution in [0.5, 0.6) is 5.75 Å². The summed E-state index contributed by atoms with van der Waals surface area (Å²) in [6, 6.07) is 8.43. The molecule has 2 rings (SSSR count). The molecule has 4 heteroatoms. The number of benzene rings is 1. The first-order valence-corrected chi connectivity index (χ1v) is 8.14. The summed E-state index contributed by atoms with van der Waals surface area (Å²) >= 11 is 0. The maximum Gasteiger partial charge on any atom is 0.119 e. The maximum atomic E-state index is 5.70. The van der Waals surface area contributed by atoms with Crippen molar-refractivity contribution in [3.8, 4) is 5.75 Å². The fourth-order valence-corrected chi connectivity index (χ4v) is 2.70. The van der Waals surface area contributed by atoms with E-state index in [4.69, 9.17) is 15.3 Å². The van der Waals surface area contributed by atoms with Crippen molar-refractivity contribution in [2.45, 2.75) is 57.6 Å². The second-order valence-electron chi connectivity index (χ2n) is 5.70. The van der Waals surface area contributed by atoms with Gasteiger partial charge >= 0.3 is 0 Å². The number of unbranched alkanes of at least 4 members (excludes halogenated alkanes) is 1. The Morgan fingerprint density at radius 2 is 2.19 bits per heavy atom. The zero-order chi connectivity index (χ0) is 14.9. The summed E-state index contributed by atoms with van der Waals surface area (Å²) in [6.07, 6.45) is 7.09. The van der Waals surface area contributed by atoms with Crippen LogP contribution in [0.3, 0.4) is 0 Å². The van der Waals surface area contributed by atoms with Crippen LogP contribution in [0.2, 0.25) is 0 Å². The number of hydrazine groups is 1. The summed E-state index contributed by atoms with van der Waals surface area (Å²) in [5.74, 6) is 6.64. The summed E-state index contributed by atoms with van der Waals surface area (Å²) in [4.78, 5) is 0. The third-order valence-electron chi connectivity index (χ3n) is 4.05. The highest BCUT2D eigenvalue weighted by Gasteiger charge is 2.18. The number of hydrogen-bond acceptors (Lipinski definition) is 4. The minimum Gasteiger partial charge on any atom is -0.494 e. The normalized spacial score (nSPS) is 19.6. The molecule has 0 amide bonds. The molecule has 2 atom stereocenters. The van der Waals surface area contributed by atoms with Crippen molar-refractivity contribution < 1.29 is 9.47 Å². The Labute approximate surface area is 128 Å². The first-order valence-electron chi connectivity index (χ1n) is 8.14. The molecule has 1 aliphatic heterocycles. The molecule has 2 unspecified atom stereocenters. The standard InChI is InChI=1S/C17H28N2O2/c1-2-3-12-20-16-8-6-14(7-9-16)17(19-18)11-10-15-5-4-13-21-15/h6-9,15,17,19H,2-5,10-13,18H2,1H3. The van der Waals surface area contributed by atoms with E-state index in [1.165, 1.54) is 18.4 Å². The Balaban J connectivity index is 1.82. The van der Waals surface area contributed by atoms with Crippen LogP contribution < -0.4 is 16.0 Å². The molecule has 0 aromatic heterocycles. The van der Waals surface area contributed by atoms with Crippen LogP contribution in [0.25, 0.3) is 0 Å². The molecule has 0 bridgehead atoms. The fraction of sp³-hybridized carbons (Fsp3) is 0.647. The second kappa shape index (κ2) is 9.03. The molecule has 0 saturated carbocycles. The van der Waals surface area contributed by atoms with E-state index < -0.39 is 0 Å². The second-order valence-corrected chi connectivity index (χ2v) is 5.70. The lowest BCUT2D eigenvalue weighted by Crippen LogP contribution is -2.28. The predicted molar refractivity (Wildman–Crippen MR) is 85.1 cm³/mol. The Morgan fingerprint density at radius 3 is 2.81 bits per heavy atom. The van der Waals surface area contributed by atoms with Crippen molar-refractivity contribution in [2.75, 3.05) is 13.2 Å². The first-order chi connectivity index (χ1) is 10.3. The number of hydrogen-bond donors (Lipinski definition) is 2. The minimum atomic E-state index is 0.180. The molecule has 21 heavy (non-hydrogen) atoms. The van der Waals surface area contributed by atoms with Gasteiger partial charge in [-0.05, 0) is 49.8 Å². The highest BCUT2D eigenvalue weighted by atomic mass is 16.5. The molecule has 1 aromatic carbocycles. The molecule has 1 saturated heterocycles. The largest absolute Gasteiger partial charge is 0.494 e. The summed E-state index contributed by atoms with van der Waals surface area (Å²) in [5, 5.41) is 0. The predicted octanol–water partition coefficient (Wildman–Crippen LogP) is 3.33. The van der Waals surface area contributed by atoms with E-state index in [0.717, 1.165) is 44.6 Å². The van der Waals surface area contributed by atoms with Crippen LogP contribution in [0.4, 0.5) is 0 Å². The van der Waals surface area contributed by atoms with E-state index in [1.807, 2.05) is 12.1 Å². The van der Waals surface area contributed by atoms with Gasteiger partial charge in [-0.25, -0.2) is 0 Å². The topological polar surface area (TPSA) is 56.5 Å². The molecule has 1 aromatic rings. The van der Waals surface area contributed by atoms with Gasteiger partial charge in [0.15, 0.2) is 0 Å². The number of nitrogens with one attached hydrogen (secondary N) is 1. The van der Waals surface area contributed by atoms with Crippen LogP contribution >= 0.6 is 0 Å². The minimum absolute atomic E-state index is 0.180. The van der Waals surface area contributed by atoms with Gasteiger partial charge in [0.2, 0.25) is 0 Å². The van der Waals surface area contributed by atoms with Crippen molar-refractivity contribution in [1.82, 2.24) is 5.43 Å². The molecule has 0 spiro atoms. The molecule has 0 radical (unpaired) electrons. The Morgan fingerprint density at radius 1 is 1.38 bits per heavy atom. The lowest BCUT2D eigenvalue weighted by atomic mass is 10.00. The molecule has 4 nitrogen and oxygen atoms in total. The molecule has 3 N–H and O–H groups in total. The zero-order valence-corrected chi connectivity index (χ0v) is 13.0. The maximum absolute atomic E-state index is 5.70. The molecule has 1 fully saturated rings. The van der Waals surface area contributed by atoms with E-state index in [0.29, 0.717) is 6.10 Å². The van der Waals surface area contributed by atoms with Crippen molar-refractivity contribution >= 4 is 0 Å². The summed E-state index contributed by atoms with van der Waals surface area (Å²) in [5.41, 5.74) is 4.12. The molecule has 1 aliphatic rings. The average molecular weight is 292 g/mol. The van der Waals surface area contributed by atoms with Gasteiger partial charge in [-0.3, -0.25) is 11.3 Å². The summed E-state index contributed by atoms with van der Waals surface area (Å²) in [6.45, 7) is 3.86. The molecular weight excluding hydrogens is 264 g/mol. The molecule has 1 heterocycles. The highest BCUT2D eigenvalue weighted by molar-refractivity contribution is 5.29. The van der Waals surface area contributed by atoms with E-state index >= 15 is 0 Å². The SMILES string of the molecule is CCCCOc1ccc(C(CCC2CCCO2)NN)cc1. The van der Waals surface area contributed by atoms with E-state index in [-0.39, 0.29) is 6.04 Å². The molecule has 118 valence electrons. The number of ether oxygens (including phenoxy) is 2. The van der Waals surface area contributed by atoms with Gasteiger partial charge in [-0.1, -0.05) is 25.5 Å². The van der Waals surface area contributed by atoms with Gasteiger partial charge in [0, 0.05) is 12.6 Å². The van der Waals surface area contributed by atoms with Gasteiger partial charge in [0.1, 0.15) is 5.75 Å². The van der Waals surface area contributed by atoms with Crippen LogP contribution in [0.1, 0.15) is 57.1 Å². The number of nitrogens with two attached hydrogens (primary N) is 1. The highest BCUT2D eigenvalue weighted by Crippen LogP contribution is 2.25. The molecular formula is C17H28N2O2.